The lowest BCUT2D eigenvalue weighted by molar-refractivity contribution is -0.386. The number of unbranched alkanes of at least 4 members (excludes halogenated alkanes) is 8. The van der Waals surface area contributed by atoms with Crippen molar-refractivity contribution in [3.63, 3.8) is 0 Å². The van der Waals surface area contributed by atoms with Crippen LogP contribution in [0.15, 0.2) is 60.7 Å². The van der Waals surface area contributed by atoms with Crippen LogP contribution in [0, 0.1) is 10.1 Å². The average Bonchev–Trinajstić information content (AvgIpc) is 3.01. The summed E-state index contributed by atoms with van der Waals surface area (Å²) in [5.41, 5.74) is 9.21. The molecule has 0 aromatic heterocycles. The van der Waals surface area contributed by atoms with Crippen LogP contribution in [-0.2, 0) is 6.42 Å². The number of carbonyl (C=O) groups excluding carboxylic acids is 1. The van der Waals surface area contributed by atoms with Gasteiger partial charge in [0.05, 0.1) is 22.3 Å². The normalized spacial score (nSPS) is 11.9. The van der Waals surface area contributed by atoms with E-state index in [9.17, 15) is 14.9 Å². The Hall–Kier alpha value is -4.13. The maximum Gasteiger partial charge on any atom is 0.345 e. The molecule has 7 heteroatoms. The number of hydrogen-bond donors (Lipinski definition) is 1. The molecule has 0 amide bonds. The SMILES string of the molecule is CCCCCCCCc1ccc(/C=C/c2ccc(OC(=O)c3cc([N+](=O)[O-])c(O[C@H](C)CCCCCC)cc3N)cc2)cc1. The van der Waals surface area contributed by atoms with Gasteiger partial charge in [0.2, 0.25) is 0 Å². The van der Waals surface area contributed by atoms with Gasteiger partial charge in [0.25, 0.3) is 0 Å². The number of nitrogen functional groups attached to an aromatic ring is 1. The molecule has 3 aromatic rings. The first kappa shape index (κ1) is 34.4. The van der Waals surface area contributed by atoms with Crippen molar-refractivity contribution in [1.29, 1.82) is 0 Å². The lowest BCUT2D eigenvalue weighted by atomic mass is 10.0. The van der Waals surface area contributed by atoms with Crippen LogP contribution >= 0.6 is 0 Å². The molecule has 0 saturated carbocycles. The summed E-state index contributed by atoms with van der Waals surface area (Å²) in [5, 5.41) is 11.8. The van der Waals surface area contributed by atoms with E-state index < -0.39 is 10.9 Å². The summed E-state index contributed by atoms with van der Waals surface area (Å²) in [5.74, 6) is -0.404. The van der Waals surface area contributed by atoms with Gasteiger partial charge in [-0.15, -0.1) is 0 Å². The third-order valence-corrected chi connectivity index (χ3v) is 7.70. The van der Waals surface area contributed by atoms with Crippen LogP contribution in [0.25, 0.3) is 12.2 Å². The first-order chi connectivity index (χ1) is 21.3. The Morgan fingerprint density at radius 2 is 1.41 bits per heavy atom. The van der Waals surface area contributed by atoms with Gasteiger partial charge in [-0.2, -0.15) is 0 Å². The number of nitro groups is 1. The van der Waals surface area contributed by atoms with Crippen LogP contribution in [0.1, 0.15) is 118 Å². The number of ether oxygens (including phenoxy) is 2. The van der Waals surface area contributed by atoms with E-state index in [0.29, 0.717) is 5.75 Å². The van der Waals surface area contributed by atoms with Crippen molar-refractivity contribution in [2.75, 3.05) is 5.73 Å². The summed E-state index contributed by atoms with van der Waals surface area (Å²) in [4.78, 5) is 24.1. The molecular formula is C37H48N2O5. The molecule has 0 aliphatic carbocycles. The quantitative estimate of drug-likeness (QED) is 0.0279. The molecular weight excluding hydrogens is 552 g/mol. The minimum atomic E-state index is -0.769. The maximum absolute atomic E-state index is 12.9. The molecule has 0 unspecified atom stereocenters. The van der Waals surface area contributed by atoms with Crippen molar-refractivity contribution in [2.45, 2.75) is 104 Å². The van der Waals surface area contributed by atoms with Crippen LogP contribution in [0.2, 0.25) is 0 Å². The number of nitrogens with zero attached hydrogens (tertiary/aromatic N) is 1. The predicted molar refractivity (Wildman–Crippen MR) is 180 cm³/mol. The molecule has 0 bridgehead atoms. The highest BCUT2D eigenvalue weighted by atomic mass is 16.6. The van der Waals surface area contributed by atoms with Gasteiger partial charge < -0.3 is 15.2 Å². The Bertz CT molecular complexity index is 1350. The Balaban J connectivity index is 1.56. The molecule has 0 radical (unpaired) electrons. The molecule has 0 spiro atoms. The molecule has 236 valence electrons. The topological polar surface area (TPSA) is 105 Å². The highest BCUT2D eigenvalue weighted by Crippen LogP contribution is 2.34. The summed E-state index contributed by atoms with van der Waals surface area (Å²) < 4.78 is 11.3. The fraction of sp³-hybridized carbons (Fsp3) is 0.432. The van der Waals surface area contributed by atoms with E-state index in [1.54, 1.807) is 12.1 Å². The number of nitro benzene ring substituents is 1. The molecule has 0 fully saturated rings. The molecule has 1 atom stereocenters. The van der Waals surface area contributed by atoms with Gasteiger partial charge in [-0.1, -0.05) is 114 Å². The van der Waals surface area contributed by atoms with Gasteiger partial charge in [0.1, 0.15) is 5.75 Å². The summed E-state index contributed by atoms with van der Waals surface area (Å²) in [7, 11) is 0. The van der Waals surface area contributed by atoms with Gasteiger partial charge in [0, 0.05) is 12.1 Å². The van der Waals surface area contributed by atoms with Crippen molar-refractivity contribution < 1.29 is 19.2 Å². The standard InChI is InChI=1S/C37H48N2O5/c1-4-6-8-10-11-13-15-29-16-18-30(19-17-29)20-21-31-22-24-32(25-23-31)44-37(40)33-26-35(39(41)42)36(27-34(33)38)43-28(3)14-12-9-7-5-2/h16-28H,4-15,38H2,1-3H3/b21-20+/t28-/m1/s1. The van der Waals surface area contributed by atoms with Gasteiger partial charge in [-0.05, 0) is 61.4 Å². The third kappa shape index (κ3) is 11.5. The molecule has 0 saturated heterocycles. The number of carbonyl (C=O) groups is 1. The zero-order valence-electron chi connectivity index (χ0n) is 26.6. The fourth-order valence-electron chi connectivity index (χ4n) is 5.04. The van der Waals surface area contributed by atoms with E-state index in [2.05, 4.69) is 38.1 Å². The summed E-state index contributed by atoms with van der Waals surface area (Å²) in [6.07, 6.45) is 17.9. The second-order valence-corrected chi connectivity index (χ2v) is 11.5. The number of rotatable bonds is 19. The van der Waals surface area contributed by atoms with E-state index in [1.807, 2.05) is 31.2 Å². The number of anilines is 1. The Morgan fingerprint density at radius 3 is 2.02 bits per heavy atom. The first-order valence-electron chi connectivity index (χ1n) is 16.1. The fourth-order valence-corrected chi connectivity index (χ4v) is 5.04. The number of esters is 1. The average molecular weight is 601 g/mol. The third-order valence-electron chi connectivity index (χ3n) is 7.70. The lowest BCUT2D eigenvalue weighted by Crippen LogP contribution is -2.15. The van der Waals surface area contributed by atoms with Crippen LogP contribution in [-0.4, -0.2) is 17.0 Å². The minimum Gasteiger partial charge on any atom is -0.484 e. The molecule has 3 aromatic carbocycles. The van der Waals surface area contributed by atoms with E-state index >= 15 is 0 Å². The monoisotopic (exact) mass is 600 g/mol. The molecule has 2 N–H and O–H groups in total. The van der Waals surface area contributed by atoms with Crippen LogP contribution in [0.5, 0.6) is 11.5 Å². The zero-order valence-corrected chi connectivity index (χ0v) is 26.6. The molecule has 3 rings (SSSR count). The Morgan fingerprint density at radius 1 is 0.841 bits per heavy atom. The smallest absolute Gasteiger partial charge is 0.345 e. The lowest BCUT2D eigenvalue weighted by Gasteiger charge is -2.16. The molecule has 44 heavy (non-hydrogen) atoms. The molecule has 0 aliphatic rings. The van der Waals surface area contributed by atoms with Crippen molar-refractivity contribution in [3.05, 3.63) is 93.0 Å². The zero-order chi connectivity index (χ0) is 31.7. The largest absolute Gasteiger partial charge is 0.484 e. The molecule has 0 aliphatic heterocycles. The van der Waals surface area contributed by atoms with Gasteiger partial charge >= 0.3 is 11.7 Å². The van der Waals surface area contributed by atoms with E-state index in [-0.39, 0.29) is 28.8 Å². The van der Waals surface area contributed by atoms with Crippen molar-refractivity contribution in [1.82, 2.24) is 0 Å². The van der Waals surface area contributed by atoms with Crippen molar-refractivity contribution >= 4 is 29.5 Å². The van der Waals surface area contributed by atoms with E-state index in [4.69, 9.17) is 15.2 Å². The van der Waals surface area contributed by atoms with Gasteiger partial charge in [-0.3, -0.25) is 10.1 Å². The number of nitrogens with two attached hydrogens (primary N) is 1. The Kier molecular flexibility index (Phi) is 14.5. The Labute approximate surface area is 262 Å². The van der Waals surface area contributed by atoms with E-state index in [1.165, 1.54) is 50.2 Å². The number of benzene rings is 3. The van der Waals surface area contributed by atoms with Crippen molar-refractivity contribution in [3.8, 4) is 11.5 Å². The van der Waals surface area contributed by atoms with Gasteiger partial charge in [-0.25, -0.2) is 4.79 Å². The van der Waals surface area contributed by atoms with Crippen LogP contribution < -0.4 is 15.2 Å². The van der Waals surface area contributed by atoms with Crippen LogP contribution in [0.3, 0.4) is 0 Å². The predicted octanol–water partition coefficient (Wildman–Crippen LogP) is 10.2. The van der Waals surface area contributed by atoms with Crippen LogP contribution in [0.4, 0.5) is 11.4 Å². The molecule has 0 heterocycles. The summed E-state index contributed by atoms with van der Waals surface area (Å²) in [6, 6.07) is 18.2. The van der Waals surface area contributed by atoms with Gasteiger partial charge in [0.15, 0.2) is 5.75 Å². The maximum atomic E-state index is 12.9. The number of aryl methyl sites for hydroxylation is 1. The minimum absolute atomic E-state index is 0.0515. The highest BCUT2D eigenvalue weighted by molar-refractivity contribution is 5.97. The highest BCUT2D eigenvalue weighted by Gasteiger charge is 2.24. The summed E-state index contributed by atoms with van der Waals surface area (Å²) in [6.45, 7) is 6.26. The molecule has 7 nitrogen and oxygen atoms in total. The van der Waals surface area contributed by atoms with E-state index in [0.717, 1.165) is 55.7 Å². The second-order valence-electron chi connectivity index (χ2n) is 11.5. The first-order valence-corrected chi connectivity index (χ1v) is 16.1. The second kappa shape index (κ2) is 18.5. The summed E-state index contributed by atoms with van der Waals surface area (Å²) >= 11 is 0. The van der Waals surface area contributed by atoms with Crippen molar-refractivity contribution in [2.24, 2.45) is 0 Å². The number of hydrogen-bond acceptors (Lipinski definition) is 6.